The second-order valence-electron chi connectivity index (χ2n) is 6.41. The minimum atomic E-state index is -1.000. The summed E-state index contributed by atoms with van der Waals surface area (Å²) in [5.74, 6) is -0.245. The Bertz CT molecular complexity index is 764. The zero-order chi connectivity index (χ0) is 18.6. The third kappa shape index (κ3) is 4.83. The average Bonchev–Trinajstić information content (AvgIpc) is 2.54. The second-order valence-corrected chi connectivity index (χ2v) is 6.41. The number of amides is 1. The van der Waals surface area contributed by atoms with Crippen LogP contribution in [0.25, 0.3) is 0 Å². The van der Waals surface area contributed by atoms with Gasteiger partial charge in [-0.25, -0.2) is 4.79 Å². The molecule has 0 atom stereocenters. The van der Waals surface area contributed by atoms with Crippen molar-refractivity contribution in [2.45, 2.75) is 39.7 Å². The number of carbonyl (C=O) groups is 2. The number of benzene rings is 2. The van der Waals surface area contributed by atoms with Crippen LogP contribution in [0.3, 0.4) is 0 Å². The van der Waals surface area contributed by atoms with Crippen molar-refractivity contribution in [2.24, 2.45) is 0 Å². The Labute approximate surface area is 147 Å². The van der Waals surface area contributed by atoms with Crippen molar-refractivity contribution >= 4 is 17.6 Å². The third-order valence-corrected chi connectivity index (χ3v) is 3.65. The van der Waals surface area contributed by atoms with Gasteiger partial charge in [0.25, 0.3) is 5.91 Å². The van der Waals surface area contributed by atoms with E-state index in [0.717, 1.165) is 11.3 Å². The fourth-order valence-electron chi connectivity index (χ4n) is 2.40. The van der Waals surface area contributed by atoms with Crippen molar-refractivity contribution in [3.8, 4) is 5.75 Å². The zero-order valence-electron chi connectivity index (χ0n) is 14.9. The monoisotopic (exact) mass is 341 g/mol. The minimum Gasteiger partial charge on any atom is -0.491 e. The van der Waals surface area contributed by atoms with Crippen molar-refractivity contribution in [3.63, 3.8) is 0 Å². The van der Waals surface area contributed by atoms with Gasteiger partial charge in [0.15, 0.2) is 0 Å². The summed E-state index contributed by atoms with van der Waals surface area (Å²) in [5, 5.41) is 11.7. The van der Waals surface area contributed by atoms with E-state index in [2.05, 4.69) is 19.2 Å². The molecule has 0 radical (unpaired) electrons. The highest BCUT2D eigenvalue weighted by molar-refractivity contribution is 6.04. The molecule has 0 fully saturated rings. The Morgan fingerprint density at radius 1 is 0.960 bits per heavy atom. The molecule has 0 heterocycles. The van der Waals surface area contributed by atoms with E-state index in [-0.39, 0.29) is 23.5 Å². The normalized spacial score (nSPS) is 10.8. The van der Waals surface area contributed by atoms with Gasteiger partial charge in [-0.1, -0.05) is 13.8 Å². The largest absolute Gasteiger partial charge is 0.491 e. The molecule has 0 aliphatic carbocycles. The van der Waals surface area contributed by atoms with Crippen LogP contribution >= 0.6 is 0 Å². The molecule has 0 aliphatic heterocycles. The number of rotatable bonds is 6. The van der Waals surface area contributed by atoms with Gasteiger partial charge in [-0.15, -0.1) is 0 Å². The highest BCUT2D eigenvalue weighted by atomic mass is 16.5. The fourth-order valence-corrected chi connectivity index (χ4v) is 2.40. The molecule has 5 heteroatoms. The molecular weight excluding hydrogens is 318 g/mol. The van der Waals surface area contributed by atoms with Crippen LogP contribution in [0.5, 0.6) is 5.75 Å². The van der Waals surface area contributed by atoms with Gasteiger partial charge in [0.2, 0.25) is 0 Å². The van der Waals surface area contributed by atoms with Crippen LogP contribution in [0.2, 0.25) is 0 Å². The molecule has 2 aromatic carbocycles. The smallest absolute Gasteiger partial charge is 0.335 e. The maximum absolute atomic E-state index is 12.5. The van der Waals surface area contributed by atoms with Crippen molar-refractivity contribution in [1.82, 2.24) is 0 Å². The lowest BCUT2D eigenvalue weighted by Gasteiger charge is -2.17. The van der Waals surface area contributed by atoms with E-state index < -0.39 is 5.97 Å². The standard InChI is InChI=1S/C20H23NO4/c1-12(2)17-11-15(7-10-18(17)25-13(3)4)19(22)21-16-8-5-14(6-9-16)20(23)24/h5-13H,1-4H3,(H,21,22)(H,23,24). The summed E-state index contributed by atoms with van der Waals surface area (Å²) in [6.07, 6.45) is 0.0601. The van der Waals surface area contributed by atoms with Gasteiger partial charge in [-0.2, -0.15) is 0 Å². The minimum absolute atomic E-state index is 0.0601. The topological polar surface area (TPSA) is 75.6 Å². The van der Waals surface area contributed by atoms with Crippen LogP contribution in [0, 0.1) is 0 Å². The number of carboxylic acids is 1. The van der Waals surface area contributed by atoms with Gasteiger partial charge in [0.05, 0.1) is 11.7 Å². The maximum Gasteiger partial charge on any atom is 0.335 e. The summed E-state index contributed by atoms with van der Waals surface area (Å²) in [5.41, 5.74) is 2.23. The van der Waals surface area contributed by atoms with Crippen LogP contribution in [-0.2, 0) is 0 Å². The number of carbonyl (C=O) groups excluding carboxylic acids is 1. The molecule has 1 amide bonds. The Kier molecular flexibility index (Phi) is 5.80. The molecule has 0 saturated heterocycles. The number of anilines is 1. The van der Waals surface area contributed by atoms with Crippen LogP contribution < -0.4 is 10.1 Å². The summed E-state index contributed by atoms with van der Waals surface area (Å²) >= 11 is 0. The van der Waals surface area contributed by atoms with Crippen molar-refractivity contribution < 1.29 is 19.4 Å². The molecule has 0 aromatic heterocycles. The first-order valence-corrected chi connectivity index (χ1v) is 8.23. The fraction of sp³-hybridized carbons (Fsp3) is 0.300. The molecule has 25 heavy (non-hydrogen) atoms. The van der Waals surface area contributed by atoms with Gasteiger partial charge in [0.1, 0.15) is 5.75 Å². The predicted octanol–water partition coefficient (Wildman–Crippen LogP) is 4.55. The van der Waals surface area contributed by atoms with E-state index in [1.165, 1.54) is 12.1 Å². The summed E-state index contributed by atoms with van der Waals surface area (Å²) < 4.78 is 5.81. The lowest BCUT2D eigenvalue weighted by atomic mass is 9.99. The quantitative estimate of drug-likeness (QED) is 0.808. The number of carboxylic acid groups (broad SMARTS) is 1. The van der Waals surface area contributed by atoms with Crippen LogP contribution in [0.4, 0.5) is 5.69 Å². The molecular formula is C20H23NO4. The molecule has 0 spiro atoms. The summed E-state index contributed by atoms with van der Waals surface area (Å²) in [4.78, 5) is 23.3. The number of aromatic carboxylic acids is 1. The summed E-state index contributed by atoms with van der Waals surface area (Å²) in [7, 11) is 0. The summed E-state index contributed by atoms with van der Waals surface area (Å²) in [6, 6.07) is 11.4. The average molecular weight is 341 g/mol. The van der Waals surface area contributed by atoms with Crippen LogP contribution in [0.1, 0.15) is 59.9 Å². The zero-order valence-corrected chi connectivity index (χ0v) is 14.9. The molecule has 0 aliphatic rings. The highest BCUT2D eigenvalue weighted by Gasteiger charge is 2.14. The SMILES string of the molecule is CC(C)Oc1ccc(C(=O)Nc2ccc(C(=O)O)cc2)cc1C(C)C. The molecule has 5 nitrogen and oxygen atoms in total. The third-order valence-electron chi connectivity index (χ3n) is 3.65. The molecule has 2 aromatic rings. The Balaban J connectivity index is 2.21. The lowest BCUT2D eigenvalue weighted by Crippen LogP contribution is -2.14. The van der Waals surface area contributed by atoms with E-state index in [0.29, 0.717) is 11.3 Å². The first kappa shape index (κ1) is 18.5. The van der Waals surface area contributed by atoms with E-state index >= 15 is 0 Å². The van der Waals surface area contributed by atoms with Gasteiger partial charge in [0, 0.05) is 11.3 Å². The van der Waals surface area contributed by atoms with E-state index in [4.69, 9.17) is 9.84 Å². The molecule has 132 valence electrons. The lowest BCUT2D eigenvalue weighted by molar-refractivity contribution is 0.0696. The summed E-state index contributed by atoms with van der Waals surface area (Å²) in [6.45, 7) is 8.03. The van der Waals surface area contributed by atoms with Crippen molar-refractivity contribution in [1.29, 1.82) is 0 Å². The van der Waals surface area contributed by atoms with Crippen LogP contribution in [-0.4, -0.2) is 23.1 Å². The second kappa shape index (κ2) is 7.83. The number of ether oxygens (including phenoxy) is 1. The Morgan fingerprint density at radius 3 is 2.08 bits per heavy atom. The number of hydrogen-bond donors (Lipinski definition) is 2. The van der Waals surface area contributed by atoms with Gasteiger partial charge >= 0.3 is 5.97 Å². The van der Waals surface area contributed by atoms with Gasteiger partial charge < -0.3 is 15.2 Å². The first-order valence-electron chi connectivity index (χ1n) is 8.23. The number of hydrogen-bond acceptors (Lipinski definition) is 3. The Hall–Kier alpha value is -2.82. The highest BCUT2D eigenvalue weighted by Crippen LogP contribution is 2.28. The first-order chi connectivity index (χ1) is 11.8. The van der Waals surface area contributed by atoms with E-state index in [9.17, 15) is 9.59 Å². The van der Waals surface area contributed by atoms with E-state index in [1.807, 2.05) is 26.0 Å². The van der Waals surface area contributed by atoms with Gasteiger partial charge in [-0.3, -0.25) is 4.79 Å². The van der Waals surface area contributed by atoms with E-state index in [1.54, 1.807) is 18.2 Å². The molecule has 0 unspecified atom stereocenters. The van der Waals surface area contributed by atoms with Crippen molar-refractivity contribution in [2.75, 3.05) is 5.32 Å². The molecule has 2 rings (SSSR count). The molecule has 0 bridgehead atoms. The predicted molar refractivity (Wildman–Crippen MR) is 97.6 cm³/mol. The molecule has 2 N–H and O–H groups in total. The number of nitrogens with one attached hydrogen (secondary N) is 1. The maximum atomic E-state index is 12.5. The molecule has 0 saturated carbocycles. The van der Waals surface area contributed by atoms with Gasteiger partial charge in [-0.05, 0) is 67.8 Å². The van der Waals surface area contributed by atoms with Crippen LogP contribution in [0.15, 0.2) is 42.5 Å². The van der Waals surface area contributed by atoms with Crippen molar-refractivity contribution in [3.05, 3.63) is 59.2 Å². The Morgan fingerprint density at radius 2 is 1.56 bits per heavy atom.